The number of nitrogens with one attached hydrogen (secondary N) is 1. The highest BCUT2D eigenvalue weighted by molar-refractivity contribution is 7.92. The number of pyridine rings is 1. The molecule has 0 aliphatic rings. The molecular formula is C22H18N4O4S. The number of anilines is 1. The number of aromatic nitrogens is 3. The molecule has 31 heavy (non-hydrogen) atoms. The van der Waals surface area contributed by atoms with Gasteiger partial charge >= 0.3 is 0 Å². The van der Waals surface area contributed by atoms with Crippen LogP contribution in [0.1, 0.15) is 0 Å². The van der Waals surface area contributed by atoms with Crippen LogP contribution in [0.2, 0.25) is 0 Å². The Morgan fingerprint density at radius 1 is 0.871 bits per heavy atom. The van der Waals surface area contributed by atoms with Gasteiger partial charge in [-0.15, -0.1) is 0 Å². The first-order chi connectivity index (χ1) is 15.0. The van der Waals surface area contributed by atoms with Gasteiger partial charge in [0.2, 0.25) is 17.7 Å². The van der Waals surface area contributed by atoms with E-state index in [2.05, 4.69) is 19.7 Å². The summed E-state index contributed by atoms with van der Waals surface area (Å²) in [5, 5.41) is 0. The average Bonchev–Trinajstić information content (AvgIpc) is 2.80. The quantitative estimate of drug-likeness (QED) is 0.466. The third-order valence-electron chi connectivity index (χ3n) is 4.18. The van der Waals surface area contributed by atoms with Crippen LogP contribution in [-0.2, 0) is 10.0 Å². The second-order valence-electron chi connectivity index (χ2n) is 6.31. The lowest BCUT2D eigenvalue weighted by Gasteiger charge is -2.12. The summed E-state index contributed by atoms with van der Waals surface area (Å²) in [5.41, 5.74) is 1.28. The van der Waals surface area contributed by atoms with Gasteiger partial charge in [0.05, 0.1) is 12.8 Å². The van der Waals surface area contributed by atoms with Crippen LogP contribution in [0, 0.1) is 0 Å². The zero-order chi connectivity index (χ0) is 21.7. The maximum atomic E-state index is 12.9. The van der Waals surface area contributed by atoms with Gasteiger partial charge in [-0.3, -0.25) is 0 Å². The van der Waals surface area contributed by atoms with Gasteiger partial charge in [0.25, 0.3) is 10.0 Å². The molecule has 8 nitrogen and oxygen atoms in total. The molecule has 2 aromatic carbocycles. The second kappa shape index (κ2) is 8.80. The molecule has 2 aromatic heterocycles. The molecule has 0 spiro atoms. The topological polar surface area (TPSA) is 103 Å². The van der Waals surface area contributed by atoms with E-state index in [1.54, 1.807) is 18.2 Å². The summed E-state index contributed by atoms with van der Waals surface area (Å²) in [6, 6.07) is 22.9. The highest BCUT2D eigenvalue weighted by Gasteiger charge is 2.22. The van der Waals surface area contributed by atoms with Crippen molar-refractivity contribution in [1.82, 2.24) is 15.0 Å². The summed E-state index contributed by atoms with van der Waals surface area (Å²) < 4.78 is 39.2. The third kappa shape index (κ3) is 4.78. The third-order valence-corrected chi connectivity index (χ3v) is 5.52. The zero-order valence-corrected chi connectivity index (χ0v) is 17.3. The highest BCUT2D eigenvalue weighted by atomic mass is 32.2. The van der Waals surface area contributed by atoms with Crippen LogP contribution in [-0.4, -0.2) is 30.5 Å². The predicted molar refractivity (Wildman–Crippen MR) is 116 cm³/mol. The number of methoxy groups -OCH3 is 1. The molecule has 4 aromatic rings. The van der Waals surface area contributed by atoms with Crippen molar-refractivity contribution in [2.45, 2.75) is 4.90 Å². The molecule has 9 heteroatoms. The van der Waals surface area contributed by atoms with E-state index in [9.17, 15) is 8.42 Å². The van der Waals surface area contributed by atoms with Crippen LogP contribution in [0.4, 0.5) is 5.95 Å². The molecule has 0 unspecified atom stereocenters. The number of benzene rings is 2. The Bertz CT molecular complexity index is 1280. The number of nitrogens with zero attached hydrogens (tertiary/aromatic N) is 3. The molecule has 1 N–H and O–H groups in total. The van der Waals surface area contributed by atoms with Crippen molar-refractivity contribution in [1.29, 1.82) is 0 Å². The van der Waals surface area contributed by atoms with Crippen molar-refractivity contribution >= 4 is 16.0 Å². The smallest absolute Gasteiger partial charge is 0.269 e. The van der Waals surface area contributed by atoms with Crippen LogP contribution >= 0.6 is 0 Å². The lowest BCUT2D eigenvalue weighted by molar-refractivity contribution is 0.385. The molecule has 0 radical (unpaired) electrons. The molecule has 0 fully saturated rings. The summed E-state index contributed by atoms with van der Waals surface area (Å²) in [4.78, 5) is 12.4. The molecule has 156 valence electrons. The van der Waals surface area contributed by atoms with Gasteiger partial charge in [-0.05, 0) is 24.3 Å². The molecule has 4 rings (SSSR count). The molecule has 0 bridgehead atoms. The Balaban J connectivity index is 1.75. The summed E-state index contributed by atoms with van der Waals surface area (Å²) >= 11 is 0. The molecule has 2 heterocycles. The van der Waals surface area contributed by atoms with Gasteiger partial charge in [0, 0.05) is 17.8 Å². The molecular weight excluding hydrogens is 416 g/mol. The van der Waals surface area contributed by atoms with Crippen molar-refractivity contribution in [3.8, 4) is 28.8 Å². The largest absolute Gasteiger partial charge is 0.480 e. The second-order valence-corrected chi connectivity index (χ2v) is 7.96. The number of para-hydroxylation sites is 1. The minimum Gasteiger partial charge on any atom is -0.480 e. The minimum absolute atomic E-state index is 0.0324. The summed E-state index contributed by atoms with van der Waals surface area (Å²) in [5.74, 6) is 0.576. The highest BCUT2D eigenvalue weighted by Crippen LogP contribution is 2.28. The maximum Gasteiger partial charge on any atom is 0.269 e. The molecule has 0 aliphatic carbocycles. The predicted octanol–water partition coefficient (Wildman–Crippen LogP) is 4.14. The van der Waals surface area contributed by atoms with E-state index in [4.69, 9.17) is 9.47 Å². The summed E-state index contributed by atoms with van der Waals surface area (Å²) in [6.07, 6.45) is 1.44. The normalized spacial score (nSPS) is 11.0. The Morgan fingerprint density at radius 3 is 2.29 bits per heavy atom. The van der Waals surface area contributed by atoms with Gasteiger partial charge in [-0.25, -0.2) is 23.1 Å². The monoisotopic (exact) mass is 434 g/mol. The fourth-order valence-corrected chi connectivity index (χ4v) is 3.86. The first-order valence-electron chi connectivity index (χ1n) is 9.24. The van der Waals surface area contributed by atoms with E-state index in [0.29, 0.717) is 11.4 Å². The Morgan fingerprint density at radius 2 is 1.58 bits per heavy atom. The van der Waals surface area contributed by atoms with Crippen LogP contribution < -0.4 is 14.2 Å². The molecule has 0 saturated carbocycles. The van der Waals surface area contributed by atoms with Crippen molar-refractivity contribution in [3.05, 3.63) is 85.1 Å². The van der Waals surface area contributed by atoms with Crippen LogP contribution in [0.25, 0.3) is 11.3 Å². The van der Waals surface area contributed by atoms with Crippen LogP contribution in [0.3, 0.4) is 0 Å². The molecule has 0 aliphatic heterocycles. The SMILES string of the molecule is COc1ncccc1S(=O)(=O)Nc1nc(Oc2ccccc2)cc(-c2ccccc2)n1. The Labute approximate surface area is 179 Å². The fraction of sp³-hybridized carbons (Fsp3) is 0.0455. The first-order valence-corrected chi connectivity index (χ1v) is 10.7. The van der Waals surface area contributed by atoms with E-state index in [1.807, 2.05) is 48.5 Å². The summed E-state index contributed by atoms with van der Waals surface area (Å²) in [6.45, 7) is 0. The van der Waals surface area contributed by atoms with E-state index < -0.39 is 10.0 Å². The van der Waals surface area contributed by atoms with E-state index in [-0.39, 0.29) is 22.6 Å². The lowest BCUT2D eigenvalue weighted by atomic mass is 10.1. The average molecular weight is 434 g/mol. The number of sulfonamides is 1. The number of hydrogen-bond acceptors (Lipinski definition) is 7. The van der Waals surface area contributed by atoms with Gasteiger partial charge in [0.1, 0.15) is 10.6 Å². The molecule has 0 amide bonds. The maximum absolute atomic E-state index is 12.9. The van der Waals surface area contributed by atoms with Crippen molar-refractivity contribution in [3.63, 3.8) is 0 Å². The molecule has 0 atom stereocenters. The molecule has 0 saturated heterocycles. The first kappa shape index (κ1) is 20.3. The van der Waals surface area contributed by atoms with Gasteiger partial charge in [-0.1, -0.05) is 48.5 Å². The van der Waals surface area contributed by atoms with E-state index in [0.717, 1.165) is 5.56 Å². The van der Waals surface area contributed by atoms with Gasteiger partial charge in [-0.2, -0.15) is 4.98 Å². The van der Waals surface area contributed by atoms with Crippen molar-refractivity contribution in [2.24, 2.45) is 0 Å². The van der Waals surface area contributed by atoms with Gasteiger partial charge < -0.3 is 9.47 Å². The Hall–Kier alpha value is -3.98. The Kier molecular flexibility index (Phi) is 5.76. The zero-order valence-electron chi connectivity index (χ0n) is 16.5. The van der Waals surface area contributed by atoms with E-state index >= 15 is 0 Å². The number of hydrogen-bond donors (Lipinski definition) is 1. The van der Waals surface area contributed by atoms with Crippen molar-refractivity contribution in [2.75, 3.05) is 11.8 Å². The number of rotatable bonds is 7. The van der Waals surface area contributed by atoms with Crippen molar-refractivity contribution < 1.29 is 17.9 Å². The fourth-order valence-electron chi connectivity index (χ4n) is 2.80. The van der Waals surface area contributed by atoms with Crippen LogP contribution in [0.15, 0.2) is 90.0 Å². The minimum atomic E-state index is -4.06. The number of ether oxygens (including phenoxy) is 2. The van der Waals surface area contributed by atoms with Gasteiger partial charge in [0.15, 0.2) is 0 Å². The van der Waals surface area contributed by atoms with Crippen LogP contribution in [0.5, 0.6) is 17.5 Å². The standard InChI is InChI=1S/C22H18N4O4S/c1-29-21-19(13-8-14-23-21)31(27,28)26-22-24-18(16-9-4-2-5-10-16)15-20(25-22)30-17-11-6-3-7-12-17/h2-15H,1H3,(H,24,25,26). The summed E-state index contributed by atoms with van der Waals surface area (Å²) in [7, 11) is -2.72. The van der Waals surface area contributed by atoms with E-state index in [1.165, 1.54) is 25.4 Å². The lowest BCUT2D eigenvalue weighted by Crippen LogP contribution is -2.16.